The Kier molecular flexibility index (Phi) is 4.93. The zero-order valence-corrected chi connectivity index (χ0v) is 12.0. The Balaban J connectivity index is 2.09. The molecule has 2 nitrogen and oxygen atoms in total. The first-order valence-corrected chi connectivity index (χ1v) is 7.07. The summed E-state index contributed by atoms with van der Waals surface area (Å²) in [7, 11) is 0. The van der Waals surface area contributed by atoms with Gasteiger partial charge in [0.2, 0.25) is 5.91 Å². The molecule has 0 aromatic heterocycles. The topological polar surface area (TPSA) is 20.3 Å². The highest BCUT2D eigenvalue weighted by Crippen LogP contribution is 2.32. The molecule has 1 aromatic carbocycles. The van der Waals surface area contributed by atoms with Gasteiger partial charge in [-0.15, -0.1) is 0 Å². The van der Waals surface area contributed by atoms with E-state index in [0.29, 0.717) is 23.4 Å². The number of nitrogens with zero attached hydrogens (tertiary/aromatic N) is 1. The van der Waals surface area contributed by atoms with Crippen LogP contribution in [0, 0.1) is 0 Å². The van der Waals surface area contributed by atoms with Gasteiger partial charge in [-0.05, 0) is 43.0 Å². The van der Waals surface area contributed by atoms with Crippen molar-refractivity contribution in [1.29, 1.82) is 0 Å². The van der Waals surface area contributed by atoms with Gasteiger partial charge in [-0.3, -0.25) is 4.79 Å². The normalized spacial score (nSPS) is 20.0. The molecule has 0 aliphatic carbocycles. The van der Waals surface area contributed by atoms with Crippen LogP contribution < -0.4 is 0 Å². The number of hydrogen-bond acceptors (Lipinski definition) is 1. The fraction of sp³-hybridized carbons (Fsp3) is 0.400. The van der Waals surface area contributed by atoms with Crippen molar-refractivity contribution in [2.45, 2.75) is 31.5 Å². The van der Waals surface area contributed by atoms with Crippen LogP contribution >= 0.6 is 11.6 Å². The summed E-state index contributed by atoms with van der Waals surface area (Å²) in [6, 6.07) is 5.04. The highest BCUT2D eigenvalue weighted by molar-refractivity contribution is 6.30. The molecule has 1 unspecified atom stereocenters. The molecule has 21 heavy (non-hydrogen) atoms. The molecule has 1 heterocycles. The predicted octanol–water partition coefficient (Wildman–Crippen LogP) is 4.30. The van der Waals surface area contributed by atoms with E-state index in [9.17, 15) is 18.0 Å². The molecule has 2 rings (SSSR count). The SMILES string of the molecule is O=C(C=Cc1ccc(Cl)cc1)N1CCCCC1C(F)(F)F. The van der Waals surface area contributed by atoms with Crippen LogP contribution in [0.1, 0.15) is 24.8 Å². The third-order valence-electron chi connectivity index (χ3n) is 3.45. The number of benzene rings is 1. The van der Waals surface area contributed by atoms with E-state index >= 15 is 0 Å². The van der Waals surface area contributed by atoms with Gasteiger partial charge >= 0.3 is 6.18 Å². The van der Waals surface area contributed by atoms with Gasteiger partial charge in [-0.1, -0.05) is 23.7 Å². The Labute approximate surface area is 126 Å². The van der Waals surface area contributed by atoms with Crippen LogP contribution in [0.2, 0.25) is 5.02 Å². The summed E-state index contributed by atoms with van der Waals surface area (Å²) in [5, 5.41) is 0.562. The molecule has 1 saturated heterocycles. The van der Waals surface area contributed by atoms with Gasteiger partial charge < -0.3 is 4.90 Å². The van der Waals surface area contributed by atoms with Crippen LogP contribution in [0.15, 0.2) is 30.3 Å². The van der Waals surface area contributed by atoms with Gasteiger partial charge in [0.05, 0.1) is 0 Å². The smallest absolute Gasteiger partial charge is 0.327 e. The Morgan fingerprint density at radius 3 is 2.52 bits per heavy atom. The quantitative estimate of drug-likeness (QED) is 0.745. The summed E-state index contributed by atoms with van der Waals surface area (Å²) in [5.74, 6) is -0.605. The average Bonchev–Trinajstić information content (AvgIpc) is 2.45. The first kappa shape index (κ1) is 15.9. The van der Waals surface area contributed by atoms with Crippen LogP contribution in [0.4, 0.5) is 13.2 Å². The minimum absolute atomic E-state index is 0.0238. The predicted molar refractivity (Wildman–Crippen MR) is 75.9 cm³/mol. The number of piperidine rings is 1. The first-order valence-electron chi connectivity index (χ1n) is 6.69. The van der Waals surface area contributed by atoms with E-state index in [1.54, 1.807) is 24.3 Å². The zero-order valence-electron chi connectivity index (χ0n) is 11.2. The average molecular weight is 318 g/mol. The molecule has 1 fully saturated rings. The monoisotopic (exact) mass is 317 g/mol. The minimum Gasteiger partial charge on any atom is -0.327 e. The Morgan fingerprint density at radius 1 is 1.24 bits per heavy atom. The van der Waals surface area contributed by atoms with Crippen LogP contribution in [-0.4, -0.2) is 29.6 Å². The second kappa shape index (κ2) is 6.52. The lowest BCUT2D eigenvalue weighted by molar-refractivity contribution is -0.193. The van der Waals surface area contributed by atoms with Gasteiger partial charge in [-0.25, -0.2) is 0 Å². The molecule has 1 amide bonds. The summed E-state index contributed by atoms with van der Waals surface area (Å²) in [4.78, 5) is 12.9. The third kappa shape index (κ3) is 4.24. The highest BCUT2D eigenvalue weighted by atomic mass is 35.5. The lowest BCUT2D eigenvalue weighted by atomic mass is 10.0. The molecule has 1 aromatic rings. The van der Waals surface area contributed by atoms with E-state index in [-0.39, 0.29) is 13.0 Å². The van der Waals surface area contributed by atoms with Crippen molar-refractivity contribution in [3.8, 4) is 0 Å². The van der Waals surface area contributed by atoms with E-state index < -0.39 is 18.1 Å². The summed E-state index contributed by atoms with van der Waals surface area (Å²) >= 11 is 5.74. The van der Waals surface area contributed by atoms with Crippen molar-refractivity contribution in [3.05, 3.63) is 40.9 Å². The lowest BCUT2D eigenvalue weighted by Gasteiger charge is -2.36. The lowest BCUT2D eigenvalue weighted by Crippen LogP contribution is -2.50. The number of carbonyl (C=O) groups is 1. The standard InChI is InChI=1S/C15H15ClF3NO/c16-12-7-4-11(5-8-12)6-9-14(21)20-10-2-1-3-13(20)15(17,18)19/h4-9,13H,1-3,10H2. The van der Waals surface area contributed by atoms with Crippen molar-refractivity contribution < 1.29 is 18.0 Å². The van der Waals surface area contributed by atoms with E-state index in [4.69, 9.17) is 11.6 Å². The number of hydrogen-bond donors (Lipinski definition) is 0. The molecule has 114 valence electrons. The Hall–Kier alpha value is -1.49. The van der Waals surface area contributed by atoms with E-state index in [2.05, 4.69) is 0 Å². The maximum Gasteiger partial charge on any atom is 0.408 e. The Bertz CT molecular complexity index is 525. The molecule has 0 N–H and O–H groups in total. The van der Waals surface area contributed by atoms with Crippen molar-refractivity contribution in [3.63, 3.8) is 0 Å². The maximum absolute atomic E-state index is 12.9. The number of amides is 1. The van der Waals surface area contributed by atoms with Crippen LogP contribution in [-0.2, 0) is 4.79 Å². The maximum atomic E-state index is 12.9. The minimum atomic E-state index is -4.37. The first-order chi connectivity index (χ1) is 9.88. The van der Waals surface area contributed by atoms with Crippen molar-refractivity contribution in [1.82, 2.24) is 4.90 Å². The number of halogens is 4. The fourth-order valence-electron chi connectivity index (χ4n) is 2.37. The van der Waals surface area contributed by atoms with Crippen molar-refractivity contribution in [2.24, 2.45) is 0 Å². The highest BCUT2D eigenvalue weighted by Gasteiger charge is 2.45. The molecule has 1 aliphatic rings. The number of carbonyl (C=O) groups excluding carboxylic acids is 1. The molecule has 6 heteroatoms. The van der Waals surface area contributed by atoms with Gasteiger partial charge in [0.15, 0.2) is 0 Å². The van der Waals surface area contributed by atoms with Gasteiger partial charge in [0.1, 0.15) is 6.04 Å². The molecule has 1 aliphatic heterocycles. The molecule has 0 bridgehead atoms. The number of rotatable bonds is 2. The molecule has 0 saturated carbocycles. The van der Waals surface area contributed by atoms with Crippen LogP contribution in [0.5, 0.6) is 0 Å². The van der Waals surface area contributed by atoms with Crippen molar-refractivity contribution >= 4 is 23.6 Å². The van der Waals surface area contributed by atoms with Crippen LogP contribution in [0.3, 0.4) is 0 Å². The molecule has 0 spiro atoms. The summed E-state index contributed by atoms with van der Waals surface area (Å²) in [6.45, 7) is 0.147. The van der Waals surface area contributed by atoms with Crippen molar-refractivity contribution in [2.75, 3.05) is 6.54 Å². The molecule has 0 radical (unpaired) electrons. The molecular weight excluding hydrogens is 303 g/mol. The fourth-order valence-corrected chi connectivity index (χ4v) is 2.50. The number of likely N-dealkylation sites (tertiary alicyclic amines) is 1. The second-order valence-electron chi connectivity index (χ2n) is 4.97. The Morgan fingerprint density at radius 2 is 1.90 bits per heavy atom. The molecule has 1 atom stereocenters. The third-order valence-corrected chi connectivity index (χ3v) is 3.70. The van der Waals surface area contributed by atoms with Crippen LogP contribution in [0.25, 0.3) is 6.08 Å². The van der Waals surface area contributed by atoms with Gasteiger partial charge in [-0.2, -0.15) is 13.2 Å². The number of alkyl halides is 3. The summed E-state index contributed by atoms with van der Waals surface area (Å²) in [5.41, 5.74) is 0.716. The molecular formula is C15H15ClF3NO. The van der Waals surface area contributed by atoms with Gasteiger partial charge in [0, 0.05) is 17.6 Å². The second-order valence-corrected chi connectivity index (χ2v) is 5.41. The summed E-state index contributed by atoms with van der Waals surface area (Å²) in [6.07, 6.45) is -0.607. The van der Waals surface area contributed by atoms with E-state index in [1.165, 1.54) is 12.2 Å². The zero-order chi connectivity index (χ0) is 15.5. The van der Waals surface area contributed by atoms with Gasteiger partial charge in [0.25, 0.3) is 0 Å². The largest absolute Gasteiger partial charge is 0.408 e. The van der Waals surface area contributed by atoms with E-state index in [1.807, 2.05) is 0 Å². The summed E-state index contributed by atoms with van der Waals surface area (Å²) < 4.78 is 38.8. The van der Waals surface area contributed by atoms with E-state index in [0.717, 1.165) is 4.90 Å².